The molecule has 1 atom stereocenters. The number of nitrogen functional groups attached to an aromatic ring is 1. The van der Waals surface area contributed by atoms with Crippen molar-refractivity contribution in [3.05, 3.63) is 36.8 Å². The average molecular weight is 324 g/mol. The van der Waals surface area contributed by atoms with Crippen molar-refractivity contribution in [3.63, 3.8) is 0 Å². The van der Waals surface area contributed by atoms with Crippen molar-refractivity contribution in [1.82, 2.24) is 15.0 Å². The highest BCUT2D eigenvalue weighted by atomic mass is 16.5. The maximum atomic E-state index is 6.01. The molecule has 0 bridgehead atoms. The lowest BCUT2D eigenvalue weighted by molar-refractivity contribution is -0.0110. The highest BCUT2D eigenvalue weighted by Crippen LogP contribution is 2.32. The van der Waals surface area contributed by atoms with Gasteiger partial charge in [-0.1, -0.05) is 12.1 Å². The molecule has 1 aromatic carbocycles. The highest BCUT2D eigenvalue weighted by molar-refractivity contribution is 6.00. The Morgan fingerprint density at radius 3 is 3.12 bits per heavy atom. The van der Waals surface area contributed by atoms with Gasteiger partial charge in [-0.2, -0.15) is 0 Å². The van der Waals surface area contributed by atoms with Crippen LogP contribution in [0.3, 0.4) is 0 Å². The van der Waals surface area contributed by atoms with Crippen molar-refractivity contribution in [1.29, 1.82) is 0 Å². The summed E-state index contributed by atoms with van der Waals surface area (Å²) in [6.45, 7) is 1.42. The van der Waals surface area contributed by atoms with Crippen molar-refractivity contribution in [2.24, 2.45) is 0 Å². The molecular weight excluding hydrogens is 304 g/mol. The molecule has 3 aromatic rings. The number of nitrogens with zero attached hydrogens (tertiary/aromatic N) is 2. The molecule has 3 heterocycles. The van der Waals surface area contributed by atoms with Crippen LogP contribution in [-0.4, -0.2) is 34.3 Å². The fourth-order valence-corrected chi connectivity index (χ4v) is 3.10. The van der Waals surface area contributed by atoms with E-state index < -0.39 is 0 Å². The average Bonchev–Trinajstić information content (AvgIpc) is 3.07. The summed E-state index contributed by atoms with van der Waals surface area (Å²) in [6, 6.07) is 7.98. The number of anilines is 1. The fraction of sp³-hybridized carbons (Fsp3) is 0.333. The van der Waals surface area contributed by atoms with Crippen LogP contribution >= 0.6 is 0 Å². The molecule has 6 nitrogen and oxygen atoms in total. The third kappa shape index (κ3) is 2.92. The number of hydrogen-bond acceptors (Lipinski definition) is 5. The summed E-state index contributed by atoms with van der Waals surface area (Å²) >= 11 is 0. The van der Waals surface area contributed by atoms with Gasteiger partial charge in [-0.15, -0.1) is 0 Å². The molecule has 0 aliphatic carbocycles. The number of rotatable bonds is 4. The Bertz CT molecular complexity index is 840. The number of ether oxygens (including phenoxy) is 2. The lowest BCUT2D eigenvalue weighted by Gasteiger charge is -2.22. The molecule has 1 fully saturated rings. The number of benzene rings is 1. The first-order valence-corrected chi connectivity index (χ1v) is 8.23. The number of nitrogens with one attached hydrogen (secondary N) is 1. The van der Waals surface area contributed by atoms with E-state index in [1.165, 1.54) is 12.7 Å². The third-order valence-electron chi connectivity index (χ3n) is 4.35. The van der Waals surface area contributed by atoms with Gasteiger partial charge in [0, 0.05) is 18.4 Å². The second kappa shape index (κ2) is 6.49. The van der Waals surface area contributed by atoms with Crippen LogP contribution in [0.1, 0.15) is 19.3 Å². The topological polar surface area (TPSA) is 86.1 Å². The van der Waals surface area contributed by atoms with E-state index in [0.29, 0.717) is 12.4 Å². The molecule has 6 heteroatoms. The molecule has 1 aliphatic heterocycles. The van der Waals surface area contributed by atoms with Gasteiger partial charge in [-0.3, -0.25) is 0 Å². The van der Waals surface area contributed by atoms with E-state index >= 15 is 0 Å². The molecule has 2 aromatic heterocycles. The third-order valence-corrected chi connectivity index (χ3v) is 4.35. The van der Waals surface area contributed by atoms with Gasteiger partial charge in [0.1, 0.15) is 30.1 Å². The van der Waals surface area contributed by atoms with Crippen LogP contribution in [0, 0.1) is 0 Å². The maximum absolute atomic E-state index is 6.01. The largest absolute Gasteiger partial charge is 0.491 e. The normalized spacial score (nSPS) is 17.9. The van der Waals surface area contributed by atoms with Crippen LogP contribution in [0.5, 0.6) is 5.75 Å². The summed E-state index contributed by atoms with van der Waals surface area (Å²) in [5.74, 6) is 1.30. The Balaban J connectivity index is 1.57. The van der Waals surface area contributed by atoms with Gasteiger partial charge < -0.3 is 20.2 Å². The Kier molecular flexibility index (Phi) is 4.04. The standard InChI is InChI=1S/C18H20N4O2/c19-17-16-15(9-20-18(16)22-11-21-17)12-4-3-6-13(8-12)24-10-14-5-1-2-7-23-14/h3-4,6,8-9,11,14H,1-2,5,7,10H2,(H3,19,20,21,22). The lowest BCUT2D eigenvalue weighted by atomic mass is 10.1. The summed E-state index contributed by atoms with van der Waals surface area (Å²) in [4.78, 5) is 11.4. The SMILES string of the molecule is Nc1ncnc2[nH]cc(-c3cccc(OCC4CCCCO4)c3)c12. The van der Waals surface area contributed by atoms with Crippen LogP contribution in [0.2, 0.25) is 0 Å². The van der Waals surface area contributed by atoms with Crippen LogP contribution in [0.25, 0.3) is 22.2 Å². The van der Waals surface area contributed by atoms with E-state index in [9.17, 15) is 0 Å². The van der Waals surface area contributed by atoms with E-state index in [4.69, 9.17) is 15.2 Å². The van der Waals surface area contributed by atoms with Crippen molar-refractivity contribution in [2.45, 2.75) is 25.4 Å². The van der Waals surface area contributed by atoms with Crippen molar-refractivity contribution in [2.75, 3.05) is 18.9 Å². The summed E-state index contributed by atoms with van der Waals surface area (Å²) < 4.78 is 11.6. The zero-order valence-electron chi connectivity index (χ0n) is 13.4. The predicted molar refractivity (Wildman–Crippen MR) is 92.8 cm³/mol. The molecule has 0 saturated carbocycles. The second-order valence-corrected chi connectivity index (χ2v) is 6.01. The Morgan fingerprint density at radius 2 is 2.25 bits per heavy atom. The summed E-state index contributed by atoms with van der Waals surface area (Å²) in [7, 11) is 0. The van der Waals surface area contributed by atoms with Crippen molar-refractivity contribution in [3.8, 4) is 16.9 Å². The highest BCUT2D eigenvalue weighted by Gasteiger charge is 2.15. The van der Waals surface area contributed by atoms with E-state index in [0.717, 1.165) is 47.4 Å². The summed E-state index contributed by atoms with van der Waals surface area (Å²) in [5.41, 5.74) is 8.74. The molecule has 1 saturated heterocycles. The van der Waals surface area contributed by atoms with E-state index in [1.54, 1.807) is 0 Å². The maximum Gasteiger partial charge on any atom is 0.143 e. The van der Waals surface area contributed by atoms with Crippen LogP contribution in [0.15, 0.2) is 36.8 Å². The summed E-state index contributed by atoms with van der Waals surface area (Å²) in [5, 5.41) is 0.838. The zero-order valence-corrected chi connectivity index (χ0v) is 13.4. The van der Waals surface area contributed by atoms with Crippen LogP contribution < -0.4 is 10.5 Å². The predicted octanol–water partition coefficient (Wildman–Crippen LogP) is 3.16. The minimum Gasteiger partial charge on any atom is -0.491 e. The molecule has 1 unspecified atom stereocenters. The van der Waals surface area contributed by atoms with Gasteiger partial charge in [0.25, 0.3) is 0 Å². The van der Waals surface area contributed by atoms with Crippen LogP contribution in [-0.2, 0) is 4.74 Å². The van der Waals surface area contributed by atoms with Crippen molar-refractivity contribution < 1.29 is 9.47 Å². The first kappa shape index (κ1) is 15.0. The van der Waals surface area contributed by atoms with Gasteiger partial charge in [-0.05, 0) is 37.0 Å². The minimum absolute atomic E-state index is 0.194. The number of hydrogen-bond donors (Lipinski definition) is 2. The van der Waals surface area contributed by atoms with Gasteiger partial charge in [0.05, 0.1) is 11.5 Å². The molecule has 124 valence electrons. The number of H-pyrrole nitrogens is 1. The molecule has 0 radical (unpaired) electrons. The smallest absolute Gasteiger partial charge is 0.143 e. The molecule has 24 heavy (non-hydrogen) atoms. The Labute approximate surface area is 140 Å². The second-order valence-electron chi connectivity index (χ2n) is 6.01. The minimum atomic E-state index is 0.194. The number of fused-ring (bicyclic) bond motifs is 1. The first-order chi connectivity index (χ1) is 11.8. The van der Waals surface area contributed by atoms with Gasteiger partial charge in [-0.25, -0.2) is 9.97 Å². The van der Waals surface area contributed by atoms with Crippen molar-refractivity contribution >= 4 is 16.9 Å². The van der Waals surface area contributed by atoms with E-state index in [-0.39, 0.29) is 6.10 Å². The lowest BCUT2D eigenvalue weighted by Crippen LogP contribution is -2.25. The quantitative estimate of drug-likeness (QED) is 0.770. The Hall–Kier alpha value is -2.60. The Morgan fingerprint density at radius 1 is 1.29 bits per heavy atom. The number of nitrogens with two attached hydrogens (primary N) is 1. The zero-order chi connectivity index (χ0) is 16.4. The summed E-state index contributed by atoms with van der Waals surface area (Å²) in [6.07, 6.45) is 6.98. The molecule has 4 rings (SSSR count). The molecular formula is C18H20N4O2. The van der Waals surface area contributed by atoms with Gasteiger partial charge in [0.2, 0.25) is 0 Å². The molecule has 1 aliphatic rings. The first-order valence-electron chi connectivity index (χ1n) is 8.23. The van der Waals surface area contributed by atoms with E-state index in [2.05, 4.69) is 15.0 Å². The van der Waals surface area contributed by atoms with Crippen LogP contribution in [0.4, 0.5) is 5.82 Å². The molecule has 0 spiro atoms. The van der Waals surface area contributed by atoms with Gasteiger partial charge >= 0.3 is 0 Å². The molecule has 0 amide bonds. The van der Waals surface area contributed by atoms with E-state index in [1.807, 2.05) is 30.5 Å². The van der Waals surface area contributed by atoms with Gasteiger partial charge in [0.15, 0.2) is 0 Å². The monoisotopic (exact) mass is 324 g/mol. The molecule has 3 N–H and O–H groups in total. The number of aromatic nitrogens is 3. The number of aromatic amines is 1. The fourth-order valence-electron chi connectivity index (χ4n) is 3.10.